The van der Waals surface area contributed by atoms with Gasteiger partial charge in [0, 0.05) is 45.1 Å². The van der Waals surface area contributed by atoms with Crippen LogP contribution >= 0.6 is 0 Å². The summed E-state index contributed by atoms with van der Waals surface area (Å²) in [5, 5.41) is 31.0. The Morgan fingerprint density at radius 1 is 1.14 bits per heavy atom. The Morgan fingerprint density at radius 3 is 2.50 bits per heavy atom. The number of likely N-dealkylation sites (N-methyl/N-ethyl adjacent to an activating group) is 1. The minimum Gasteiger partial charge on any atom is -0.492 e. The number of ether oxygens (including phenoxy) is 5. The van der Waals surface area contributed by atoms with Crippen LogP contribution in [0.3, 0.4) is 0 Å². The molecule has 222 valence electrons. The van der Waals surface area contributed by atoms with Crippen molar-refractivity contribution in [2.75, 3.05) is 27.6 Å². The summed E-state index contributed by atoms with van der Waals surface area (Å²) in [4.78, 5) is 31.3. The van der Waals surface area contributed by atoms with Gasteiger partial charge in [-0.25, -0.2) is 0 Å². The fourth-order valence-corrected chi connectivity index (χ4v) is 7.01. The lowest BCUT2D eigenvalue weighted by atomic mass is 9.71. The Labute approximate surface area is 242 Å². The van der Waals surface area contributed by atoms with Crippen molar-refractivity contribution in [2.45, 2.75) is 70.9 Å². The lowest BCUT2D eigenvalue weighted by Crippen LogP contribution is -2.66. The van der Waals surface area contributed by atoms with Crippen molar-refractivity contribution < 1.29 is 43.5 Å². The molecule has 1 aromatic rings. The van der Waals surface area contributed by atoms with E-state index in [-0.39, 0.29) is 42.7 Å². The van der Waals surface area contributed by atoms with Crippen molar-refractivity contribution in [3.63, 3.8) is 0 Å². The van der Waals surface area contributed by atoms with E-state index in [1.807, 2.05) is 22.9 Å². The molecule has 6 rings (SSSR count). The van der Waals surface area contributed by atoms with Gasteiger partial charge < -0.3 is 38.8 Å². The van der Waals surface area contributed by atoms with Crippen LogP contribution in [0.5, 0.6) is 17.2 Å². The zero-order valence-electron chi connectivity index (χ0n) is 24.3. The zero-order chi connectivity index (χ0) is 30.2. The molecule has 0 saturated carbocycles. The molecule has 4 aliphatic heterocycles. The smallest absolute Gasteiger partial charge is 0.231 e. The molecule has 6 atom stereocenters. The van der Waals surface area contributed by atoms with Crippen LogP contribution in [-0.2, 0) is 19.1 Å². The fraction of sp³-hybridized carbons (Fsp3) is 0.500. The molecule has 4 heterocycles. The number of allylic oxidation sites excluding steroid dienone is 2. The predicted molar refractivity (Wildman–Crippen MR) is 146 cm³/mol. The normalized spacial score (nSPS) is 27.6. The van der Waals surface area contributed by atoms with E-state index < -0.39 is 36.7 Å². The molecule has 1 saturated heterocycles. The van der Waals surface area contributed by atoms with Crippen LogP contribution in [0.25, 0.3) is 6.08 Å². The zero-order valence-corrected chi connectivity index (χ0v) is 24.3. The first-order valence-electron chi connectivity index (χ1n) is 13.8. The predicted octanol–water partition coefficient (Wildman–Crippen LogP) is 1.84. The summed E-state index contributed by atoms with van der Waals surface area (Å²) < 4.78 is 28.8. The Bertz CT molecular complexity index is 1530. The van der Waals surface area contributed by atoms with Crippen molar-refractivity contribution in [2.24, 2.45) is 0 Å². The molecule has 0 amide bonds. The standard InChI is InChI=1S/C30H33N3O9/c1-12-25(36)16-7-18-20(9-31)33-19(24(32(18)5)23(16)26(37)28(12)38-6)8-17-22(21(33)10-39-14(3)34)30-29(40-11-41-30)13(2)27(17)42-15(4)35/h8,14-15,18,20-21,24,34-35H,7,10-11H2,1-6H3/t14?,15?,18?,20-,21-,24?/m0/s1. The van der Waals surface area contributed by atoms with Crippen LogP contribution in [-0.4, -0.2) is 89.8 Å². The summed E-state index contributed by atoms with van der Waals surface area (Å²) in [6.45, 7) is 6.28. The number of nitrogens with zero attached hydrogens (tertiary/aromatic N) is 3. The summed E-state index contributed by atoms with van der Waals surface area (Å²) in [7, 11) is 3.21. The SMILES string of the molecule is COC1=C(C)C(=O)C2=C(C1=O)C1C3=Cc4c(OC(C)O)c(C)c5c(c4[C@H](COC(C)O)N3[C@@H](C#N)C(C2)N1C)OCO5. The molecule has 1 aromatic carbocycles. The highest BCUT2D eigenvalue weighted by Crippen LogP contribution is 2.56. The molecular weight excluding hydrogens is 546 g/mol. The van der Waals surface area contributed by atoms with Crippen LogP contribution < -0.4 is 14.2 Å². The van der Waals surface area contributed by atoms with Crippen molar-refractivity contribution in [3.8, 4) is 23.3 Å². The molecule has 1 aliphatic carbocycles. The molecule has 12 heteroatoms. The van der Waals surface area contributed by atoms with Gasteiger partial charge in [-0.1, -0.05) is 0 Å². The topological polar surface area (TPSA) is 151 Å². The number of hydrogen-bond donors (Lipinski definition) is 2. The maximum absolute atomic E-state index is 13.9. The molecule has 0 radical (unpaired) electrons. The van der Waals surface area contributed by atoms with Crippen LogP contribution in [0.4, 0.5) is 0 Å². The Kier molecular flexibility index (Phi) is 6.81. The van der Waals surface area contributed by atoms with Gasteiger partial charge in [0.1, 0.15) is 11.8 Å². The van der Waals surface area contributed by atoms with Crippen LogP contribution in [0, 0.1) is 18.3 Å². The molecule has 12 nitrogen and oxygen atoms in total. The van der Waals surface area contributed by atoms with Gasteiger partial charge in [-0.2, -0.15) is 5.26 Å². The van der Waals surface area contributed by atoms with Gasteiger partial charge in [-0.3, -0.25) is 14.5 Å². The van der Waals surface area contributed by atoms with Gasteiger partial charge in [0.2, 0.25) is 12.6 Å². The highest BCUT2D eigenvalue weighted by atomic mass is 16.7. The number of aliphatic hydroxyl groups is 2. The van der Waals surface area contributed by atoms with Gasteiger partial charge in [0.25, 0.3) is 0 Å². The summed E-state index contributed by atoms with van der Waals surface area (Å²) in [5.74, 6) is 0.622. The second-order valence-corrected chi connectivity index (χ2v) is 11.1. The second-order valence-electron chi connectivity index (χ2n) is 11.1. The van der Waals surface area contributed by atoms with E-state index in [1.165, 1.54) is 21.0 Å². The number of carbonyl (C=O) groups excluding carboxylic acids is 2. The third-order valence-corrected chi connectivity index (χ3v) is 8.75. The number of nitriles is 1. The maximum atomic E-state index is 13.9. The first kappa shape index (κ1) is 28.2. The minimum atomic E-state index is -1.17. The quantitative estimate of drug-likeness (QED) is 0.374. The van der Waals surface area contributed by atoms with E-state index in [0.29, 0.717) is 50.8 Å². The number of hydrogen-bond acceptors (Lipinski definition) is 12. The summed E-state index contributed by atoms with van der Waals surface area (Å²) in [6, 6.07) is -0.146. The number of aliphatic hydroxyl groups excluding tert-OH is 2. The first-order chi connectivity index (χ1) is 20.0. The second kappa shape index (κ2) is 10.1. The maximum Gasteiger partial charge on any atom is 0.231 e. The molecule has 0 aromatic heterocycles. The van der Waals surface area contributed by atoms with E-state index in [1.54, 1.807) is 13.8 Å². The van der Waals surface area contributed by atoms with E-state index in [2.05, 4.69) is 6.07 Å². The molecule has 2 bridgehead atoms. The van der Waals surface area contributed by atoms with Crippen LogP contribution in [0.15, 0.2) is 28.2 Å². The Morgan fingerprint density at radius 2 is 1.86 bits per heavy atom. The van der Waals surface area contributed by atoms with E-state index in [0.717, 1.165) is 0 Å². The number of methoxy groups -OCH3 is 1. The number of rotatable bonds is 6. The lowest BCUT2D eigenvalue weighted by molar-refractivity contribution is -0.121. The Balaban J connectivity index is 1.65. The van der Waals surface area contributed by atoms with Crippen LogP contribution in [0.1, 0.15) is 49.9 Å². The summed E-state index contributed by atoms with van der Waals surface area (Å²) >= 11 is 0. The largest absolute Gasteiger partial charge is 0.492 e. The van der Waals surface area contributed by atoms with Crippen molar-refractivity contribution in [3.05, 3.63) is 44.9 Å². The number of benzene rings is 1. The number of carbonyl (C=O) groups is 2. The van der Waals surface area contributed by atoms with Crippen molar-refractivity contribution >= 4 is 17.6 Å². The number of ketones is 2. The number of Topliss-reactive ketones (excluding diaryl/α,β-unsaturated/α-hetero) is 2. The molecule has 5 aliphatic rings. The minimum absolute atomic E-state index is 0.00250. The molecule has 4 unspecified atom stereocenters. The molecule has 0 spiro atoms. The lowest BCUT2D eigenvalue weighted by Gasteiger charge is -2.57. The average molecular weight is 580 g/mol. The van der Waals surface area contributed by atoms with Gasteiger partial charge in [0.05, 0.1) is 31.9 Å². The monoisotopic (exact) mass is 579 g/mol. The number of piperazine rings is 1. The summed E-state index contributed by atoms with van der Waals surface area (Å²) in [6.07, 6.45) is -0.250. The average Bonchev–Trinajstić information content (AvgIpc) is 3.43. The molecule has 2 N–H and O–H groups in total. The molecular formula is C30H33N3O9. The van der Waals surface area contributed by atoms with Gasteiger partial charge >= 0.3 is 0 Å². The van der Waals surface area contributed by atoms with Crippen molar-refractivity contribution in [1.29, 1.82) is 5.26 Å². The molecule has 42 heavy (non-hydrogen) atoms. The highest BCUT2D eigenvalue weighted by molar-refractivity contribution is 6.25. The van der Waals surface area contributed by atoms with Crippen LogP contribution in [0.2, 0.25) is 0 Å². The molecule has 1 fully saturated rings. The fourth-order valence-electron chi connectivity index (χ4n) is 7.01. The third-order valence-electron chi connectivity index (χ3n) is 8.75. The first-order valence-corrected chi connectivity index (χ1v) is 13.8. The third kappa shape index (κ3) is 3.88. The van der Waals surface area contributed by atoms with E-state index in [9.17, 15) is 25.1 Å². The Hall–Kier alpha value is -3.89. The van der Waals surface area contributed by atoms with Gasteiger partial charge in [-0.05, 0) is 47.2 Å². The van der Waals surface area contributed by atoms with Gasteiger partial charge in [0.15, 0.2) is 35.6 Å². The van der Waals surface area contributed by atoms with E-state index in [4.69, 9.17) is 23.7 Å². The summed E-state index contributed by atoms with van der Waals surface area (Å²) in [5.41, 5.74) is 3.30. The van der Waals surface area contributed by atoms with Gasteiger partial charge in [-0.15, -0.1) is 0 Å². The van der Waals surface area contributed by atoms with Crippen molar-refractivity contribution in [1.82, 2.24) is 9.80 Å². The van der Waals surface area contributed by atoms with E-state index >= 15 is 0 Å². The highest BCUT2D eigenvalue weighted by Gasteiger charge is 2.56. The number of fused-ring (bicyclic) bond motifs is 8.